The number of fused-ring (bicyclic) bond motifs is 1. The van der Waals surface area contributed by atoms with Crippen LogP contribution in [-0.4, -0.2) is 48.9 Å². The number of rotatable bonds is 3. The van der Waals surface area contributed by atoms with E-state index in [4.69, 9.17) is 28.4 Å². The summed E-state index contributed by atoms with van der Waals surface area (Å²) in [6.45, 7) is 8.69. The average Bonchev–Trinajstić information content (AvgIpc) is 3.03. The molecule has 0 N–H and O–H groups in total. The van der Waals surface area contributed by atoms with Gasteiger partial charge in [-0.2, -0.15) is 0 Å². The van der Waals surface area contributed by atoms with Gasteiger partial charge in [0.25, 0.3) is 0 Å². The van der Waals surface area contributed by atoms with Crippen LogP contribution in [0.3, 0.4) is 0 Å². The molecule has 0 radical (unpaired) electrons. The molecule has 3 fully saturated rings. The standard InChI is InChI=1S/C19H26O6/c1-17(2)22-12-19(25-17)16(20-10-13-8-6-5-7-9-13)15-14(11-21-19)23-18(3,4)24-15/h5-9,14-16H,10-12H2,1-4H3/t14-,15?,16?,19+/m1/s1. The molecule has 2 unspecified atom stereocenters. The van der Waals surface area contributed by atoms with Crippen LogP contribution in [0.5, 0.6) is 0 Å². The maximum Gasteiger partial charge on any atom is 0.224 e. The SMILES string of the molecule is CC1(C)OC2C(OCc3ccccc3)[C@@]3(COC(C)(C)O3)OC[C@H]2O1. The molecule has 3 saturated heterocycles. The van der Waals surface area contributed by atoms with E-state index in [1.165, 1.54) is 0 Å². The van der Waals surface area contributed by atoms with Gasteiger partial charge in [-0.15, -0.1) is 0 Å². The molecule has 1 aromatic rings. The minimum Gasteiger partial charge on any atom is -0.365 e. The summed E-state index contributed by atoms with van der Waals surface area (Å²) in [5.74, 6) is -2.38. The molecule has 0 bridgehead atoms. The summed E-state index contributed by atoms with van der Waals surface area (Å²) in [6, 6.07) is 10.0. The molecule has 1 aromatic carbocycles. The third-order valence-electron chi connectivity index (χ3n) is 4.76. The maximum absolute atomic E-state index is 6.27. The highest BCUT2D eigenvalue weighted by molar-refractivity contribution is 5.14. The molecule has 3 aliphatic rings. The summed E-state index contributed by atoms with van der Waals surface area (Å²) in [4.78, 5) is 0. The van der Waals surface area contributed by atoms with Crippen molar-refractivity contribution in [3.05, 3.63) is 35.9 Å². The van der Waals surface area contributed by atoms with Crippen molar-refractivity contribution in [1.29, 1.82) is 0 Å². The van der Waals surface area contributed by atoms with Crippen molar-refractivity contribution in [1.82, 2.24) is 0 Å². The van der Waals surface area contributed by atoms with E-state index in [9.17, 15) is 0 Å². The van der Waals surface area contributed by atoms with Gasteiger partial charge in [0.2, 0.25) is 5.79 Å². The average molecular weight is 350 g/mol. The molecule has 25 heavy (non-hydrogen) atoms. The van der Waals surface area contributed by atoms with Gasteiger partial charge in [0.05, 0.1) is 13.2 Å². The van der Waals surface area contributed by atoms with Crippen LogP contribution in [0.15, 0.2) is 30.3 Å². The number of benzene rings is 1. The van der Waals surface area contributed by atoms with Crippen LogP contribution in [0.1, 0.15) is 33.3 Å². The van der Waals surface area contributed by atoms with Gasteiger partial charge in [-0.05, 0) is 33.3 Å². The van der Waals surface area contributed by atoms with E-state index in [1.807, 2.05) is 58.0 Å². The van der Waals surface area contributed by atoms with Crippen molar-refractivity contribution in [3.63, 3.8) is 0 Å². The number of ether oxygens (including phenoxy) is 6. The quantitative estimate of drug-likeness (QED) is 0.835. The van der Waals surface area contributed by atoms with Gasteiger partial charge in [0.15, 0.2) is 11.6 Å². The minimum absolute atomic E-state index is 0.186. The summed E-state index contributed by atoms with van der Waals surface area (Å²) in [6.07, 6.45) is -0.909. The van der Waals surface area contributed by atoms with Crippen LogP contribution in [-0.2, 0) is 35.0 Å². The minimum atomic E-state index is -0.983. The molecule has 6 heteroatoms. The van der Waals surface area contributed by atoms with E-state index in [-0.39, 0.29) is 12.2 Å². The smallest absolute Gasteiger partial charge is 0.224 e. The Balaban J connectivity index is 1.58. The monoisotopic (exact) mass is 350 g/mol. The zero-order valence-electron chi connectivity index (χ0n) is 15.2. The highest BCUT2D eigenvalue weighted by Crippen LogP contribution is 2.45. The fraction of sp³-hybridized carbons (Fsp3) is 0.684. The summed E-state index contributed by atoms with van der Waals surface area (Å²) in [5, 5.41) is 0. The molecule has 1 spiro atoms. The Bertz CT molecular complexity index is 614. The predicted octanol–water partition coefficient (Wildman–Crippen LogP) is 2.60. The maximum atomic E-state index is 6.27. The Morgan fingerprint density at radius 3 is 2.44 bits per heavy atom. The second-order valence-electron chi connectivity index (χ2n) is 7.77. The highest BCUT2D eigenvalue weighted by Gasteiger charge is 2.63. The van der Waals surface area contributed by atoms with Crippen LogP contribution in [0, 0.1) is 0 Å². The van der Waals surface area contributed by atoms with Crippen molar-refractivity contribution < 1.29 is 28.4 Å². The molecule has 4 rings (SSSR count). The van der Waals surface area contributed by atoms with Crippen LogP contribution in [0.25, 0.3) is 0 Å². The third kappa shape index (κ3) is 3.35. The third-order valence-corrected chi connectivity index (χ3v) is 4.76. The zero-order chi connectivity index (χ0) is 17.7. The summed E-state index contributed by atoms with van der Waals surface area (Å²) in [7, 11) is 0. The van der Waals surface area contributed by atoms with Gasteiger partial charge >= 0.3 is 0 Å². The second kappa shape index (κ2) is 6.01. The van der Waals surface area contributed by atoms with Crippen molar-refractivity contribution in [2.45, 2.75) is 70.0 Å². The molecule has 138 valence electrons. The summed E-state index contributed by atoms with van der Waals surface area (Å²) in [5.41, 5.74) is 1.08. The lowest BCUT2D eigenvalue weighted by Crippen LogP contribution is -2.62. The van der Waals surface area contributed by atoms with Gasteiger partial charge in [-0.25, -0.2) is 0 Å². The number of hydrogen-bond acceptors (Lipinski definition) is 6. The van der Waals surface area contributed by atoms with Crippen molar-refractivity contribution >= 4 is 0 Å². The fourth-order valence-corrected chi connectivity index (χ4v) is 3.75. The van der Waals surface area contributed by atoms with E-state index in [0.29, 0.717) is 19.8 Å². The van der Waals surface area contributed by atoms with E-state index < -0.39 is 23.5 Å². The fourth-order valence-electron chi connectivity index (χ4n) is 3.75. The van der Waals surface area contributed by atoms with Gasteiger partial charge in [-0.1, -0.05) is 30.3 Å². The molecule has 0 saturated carbocycles. The normalized spacial score (nSPS) is 38.8. The molecule has 6 nitrogen and oxygen atoms in total. The first-order valence-corrected chi connectivity index (χ1v) is 8.78. The second-order valence-corrected chi connectivity index (χ2v) is 7.77. The Morgan fingerprint density at radius 1 is 1.00 bits per heavy atom. The van der Waals surface area contributed by atoms with Crippen LogP contribution in [0.4, 0.5) is 0 Å². The van der Waals surface area contributed by atoms with Gasteiger partial charge < -0.3 is 28.4 Å². The Labute approximate surface area is 148 Å². The largest absolute Gasteiger partial charge is 0.365 e. The first-order valence-electron chi connectivity index (χ1n) is 8.78. The Kier molecular flexibility index (Phi) is 4.18. The lowest BCUT2D eigenvalue weighted by Gasteiger charge is -2.43. The van der Waals surface area contributed by atoms with E-state index in [1.54, 1.807) is 0 Å². The van der Waals surface area contributed by atoms with Crippen molar-refractivity contribution in [2.24, 2.45) is 0 Å². The van der Waals surface area contributed by atoms with Crippen LogP contribution < -0.4 is 0 Å². The van der Waals surface area contributed by atoms with Gasteiger partial charge in [0, 0.05) is 0 Å². The summed E-state index contributed by atoms with van der Waals surface area (Å²) < 4.78 is 36.4. The molecule has 3 aliphatic heterocycles. The lowest BCUT2D eigenvalue weighted by atomic mass is 9.97. The summed E-state index contributed by atoms with van der Waals surface area (Å²) >= 11 is 0. The zero-order valence-corrected chi connectivity index (χ0v) is 15.2. The van der Waals surface area contributed by atoms with E-state index in [2.05, 4.69) is 0 Å². The molecule has 0 aliphatic carbocycles. The number of hydrogen-bond donors (Lipinski definition) is 0. The molecule has 3 heterocycles. The van der Waals surface area contributed by atoms with E-state index >= 15 is 0 Å². The van der Waals surface area contributed by atoms with Gasteiger partial charge in [-0.3, -0.25) is 0 Å². The molecular formula is C19H26O6. The molecular weight excluding hydrogens is 324 g/mol. The highest BCUT2D eigenvalue weighted by atomic mass is 16.9. The van der Waals surface area contributed by atoms with E-state index in [0.717, 1.165) is 5.56 Å². The van der Waals surface area contributed by atoms with Crippen molar-refractivity contribution in [2.75, 3.05) is 13.2 Å². The van der Waals surface area contributed by atoms with Crippen LogP contribution in [0.2, 0.25) is 0 Å². The first kappa shape index (κ1) is 17.4. The predicted molar refractivity (Wildman–Crippen MR) is 88.6 cm³/mol. The molecule has 4 atom stereocenters. The molecule has 0 amide bonds. The Hall–Kier alpha value is -1.02. The molecule has 0 aromatic heterocycles. The van der Waals surface area contributed by atoms with Crippen LogP contribution >= 0.6 is 0 Å². The van der Waals surface area contributed by atoms with Gasteiger partial charge in [0.1, 0.15) is 24.9 Å². The van der Waals surface area contributed by atoms with Crippen molar-refractivity contribution in [3.8, 4) is 0 Å². The lowest BCUT2D eigenvalue weighted by molar-refractivity contribution is -0.336. The Morgan fingerprint density at radius 2 is 1.76 bits per heavy atom. The first-order chi connectivity index (χ1) is 11.8. The topological polar surface area (TPSA) is 55.4 Å².